The molecule has 21 heavy (non-hydrogen) atoms. The number of carboxylic acid groups (broad SMARTS) is 1. The molecule has 0 spiro atoms. The number of alkyl halides is 1. The molecule has 1 aromatic carbocycles. The van der Waals surface area contributed by atoms with Crippen molar-refractivity contribution in [3.63, 3.8) is 0 Å². The molecule has 1 unspecified atom stereocenters. The van der Waals surface area contributed by atoms with Gasteiger partial charge < -0.3 is 14.9 Å². The smallest absolute Gasteiger partial charge is 0.338 e. The first-order valence-electron chi connectivity index (χ1n) is 6.19. The standard InChI is InChI=1S/C14H15ClO6/c1-2-21-14(20)11-6-9(12(17)13(18)19)4-3-8(11)5-10(16)7-15/h3-4,6,12,17H,2,5,7H2,1H3,(H,18,19). The molecule has 114 valence electrons. The Labute approximate surface area is 126 Å². The van der Waals surface area contributed by atoms with Gasteiger partial charge in [-0.05, 0) is 24.1 Å². The third-order valence-corrected chi connectivity index (χ3v) is 3.01. The second-order valence-electron chi connectivity index (χ2n) is 4.23. The highest BCUT2D eigenvalue weighted by Gasteiger charge is 2.21. The molecule has 0 saturated heterocycles. The molecular weight excluding hydrogens is 300 g/mol. The average molecular weight is 315 g/mol. The third kappa shape index (κ3) is 4.54. The number of aliphatic hydroxyl groups is 1. The zero-order chi connectivity index (χ0) is 16.0. The van der Waals surface area contributed by atoms with Crippen LogP contribution in [-0.2, 0) is 20.7 Å². The molecule has 1 atom stereocenters. The van der Waals surface area contributed by atoms with E-state index < -0.39 is 18.0 Å². The summed E-state index contributed by atoms with van der Waals surface area (Å²) in [6.07, 6.45) is -1.82. The van der Waals surface area contributed by atoms with Gasteiger partial charge in [-0.2, -0.15) is 0 Å². The molecule has 1 aromatic rings. The van der Waals surface area contributed by atoms with Crippen molar-refractivity contribution < 1.29 is 29.3 Å². The average Bonchev–Trinajstić information content (AvgIpc) is 2.46. The van der Waals surface area contributed by atoms with Gasteiger partial charge in [-0.3, -0.25) is 4.79 Å². The van der Waals surface area contributed by atoms with E-state index in [-0.39, 0.29) is 35.8 Å². The molecule has 0 aromatic heterocycles. The molecule has 0 aliphatic heterocycles. The molecule has 0 saturated carbocycles. The highest BCUT2D eigenvalue weighted by molar-refractivity contribution is 6.27. The van der Waals surface area contributed by atoms with E-state index in [1.54, 1.807) is 6.92 Å². The SMILES string of the molecule is CCOC(=O)c1cc(C(O)C(=O)O)ccc1CC(=O)CCl. The van der Waals surface area contributed by atoms with Crippen molar-refractivity contribution in [2.75, 3.05) is 12.5 Å². The van der Waals surface area contributed by atoms with Gasteiger partial charge in [0.2, 0.25) is 0 Å². The van der Waals surface area contributed by atoms with Gasteiger partial charge >= 0.3 is 11.9 Å². The van der Waals surface area contributed by atoms with Gasteiger partial charge in [0.05, 0.1) is 18.1 Å². The maximum Gasteiger partial charge on any atom is 0.338 e. The number of ketones is 1. The molecule has 0 radical (unpaired) electrons. The Bertz CT molecular complexity index is 554. The number of carbonyl (C=O) groups excluding carboxylic acids is 2. The molecule has 6 nitrogen and oxygen atoms in total. The van der Waals surface area contributed by atoms with Crippen LogP contribution in [0.15, 0.2) is 18.2 Å². The molecule has 0 aliphatic carbocycles. The first-order chi connectivity index (χ1) is 9.90. The Morgan fingerprint density at radius 1 is 1.33 bits per heavy atom. The molecule has 0 bridgehead atoms. The number of ether oxygens (including phenoxy) is 1. The van der Waals surface area contributed by atoms with Crippen LogP contribution >= 0.6 is 11.6 Å². The Morgan fingerprint density at radius 2 is 2.00 bits per heavy atom. The first kappa shape index (κ1) is 17.1. The molecule has 0 fully saturated rings. The summed E-state index contributed by atoms with van der Waals surface area (Å²) in [6, 6.07) is 3.98. The number of carboxylic acids is 1. The minimum Gasteiger partial charge on any atom is -0.479 e. The van der Waals surface area contributed by atoms with Crippen LogP contribution in [0.4, 0.5) is 0 Å². The van der Waals surface area contributed by atoms with Gasteiger partial charge in [0.25, 0.3) is 0 Å². The first-order valence-corrected chi connectivity index (χ1v) is 6.72. The summed E-state index contributed by atoms with van der Waals surface area (Å²) in [6.45, 7) is 1.75. The number of hydrogen-bond acceptors (Lipinski definition) is 5. The lowest BCUT2D eigenvalue weighted by atomic mass is 9.97. The van der Waals surface area contributed by atoms with E-state index in [0.29, 0.717) is 5.56 Å². The van der Waals surface area contributed by atoms with E-state index >= 15 is 0 Å². The molecule has 2 N–H and O–H groups in total. The van der Waals surface area contributed by atoms with Crippen LogP contribution in [0.25, 0.3) is 0 Å². The summed E-state index contributed by atoms with van der Waals surface area (Å²) in [5, 5.41) is 18.3. The van der Waals surface area contributed by atoms with Crippen LogP contribution < -0.4 is 0 Å². The Kier molecular flexibility index (Phi) is 6.33. The molecular formula is C14H15ClO6. The lowest BCUT2D eigenvalue weighted by molar-refractivity contribution is -0.147. The quantitative estimate of drug-likeness (QED) is 0.581. The molecule has 0 amide bonds. The predicted octanol–water partition coefficient (Wildman–Crippen LogP) is 1.33. The number of hydrogen-bond donors (Lipinski definition) is 2. The summed E-state index contributed by atoms with van der Waals surface area (Å²) >= 11 is 5.43. The Morgan fingerprint density at radius 3 is 2.52 bits per heavy atom. The fourth-order valence-electron chi connectivity index (χ4n) is 1.72. The molecule has 0 aliphatic rings. The zero-order valence-electron chi connectivity index (χ0n) is 11.3. The van der Waals surface area contributed by atoms with Gasteiger partial charge in [-0.15, -0.1) is 11.6 Å². The minimum absolute atomic E-state index is 0.0348. The topological polar surface area (TPSA) is 101 Å². The predicted molar refractivity (Wildman–Crippen MR) is 74.4 cm³/mol. The van der Waals surface area contributed by atoms with Crippen LogP contribution in [0.3, 0.4) is 0 Å². The lowest BCUT2D eigenvalue weighted by Crippen LogP contribution is -2.15. The van der Waals surface area contributed by atoms with Crippen LogP contribution in [0.5, 0.6) is 0 Å². The number of aliphatic carboxylic acids is 1. The fourth-order valence-corrected chi connectivity index (χ4v) is 1.81. The largest absolute Gasteiger partial charge is 0.479 e. The van der Waals surface area contributed by atoms with Crippen molar-refractivity contribution in [2.24, 2.45) is 0 Å². The van der Waals surface area contributed by atoms with Crippen molar-refractivity contribution in [3.8, 4) is 0 Å². The third-order valence-electron chi connectivity index (χ3n) is 2.72. The summed E-state index contributed by atoms with van der Waals surface area (Å²) < 4.78 is 4.87. The van der Waals surface area contributed by atoms with E-state index in [9.17, 15) is 19.5 Å². The van der Waals surface area contributed by atoms with E-state index in [1.165, 1.54) is 18.2 Å². The number of Topliss-reactive ketones (excluding diaryl/α,β-unsaturated/α-hetero) is 1. The van der Waals surface area contributed by atoms with E-state index in [0.717, 1.165) is 0 Å². The van der Waals surface area contributed by atoms with E-state index in [4.69, 9.17) is 21.4 Å². The van der Waals surface area contributed by atoms with Crippen LogP contribution in [0.2, 0.25) is 0 Å². The van der Waals surface area contributed by atoms with Gasteiger partial charge in [0.15, 0.2) is 11.9 Å². The highest BCUT2D eigenvalue weighted by atomic mass is 35.5. The van der Waals surface area contributed by atoms with Gasteiger partial charge in [-0.1, -0.05) is 12.1 Å². The number of benzene rings is 1. The van der Waals surface area contributed by atoms with Gasteiger partial charge in [0, 0.05) is 6.42 Å². The van der Waals surface area contributed by atoms with Crippen LogP contribution in [-0.4, -0.2) is 40.4 Å². The normalized spacial score (nSPS) is 11.8. The fraction of sp³-hybridized carbons (Fsp3) is 0.357. The van der Waals surface area contributed by atoms with E-state index in [2.05, 4.69) is 0 Å². The second kappa shape index (κ2) is 7.75. The van der Waals surface area contributed by atoms with Crippen LogP contribution in [0.1, 0.15) is 34.5 Å². The van der Waals surface area contributed by atoms with Crippen molar-refractivity contribution in [1.29, 1.82) is 0 Å². The van der Waals surface area contributed by atoms with Crippen molar-refractivity contribution in [1.82, 2.24) is 0 Å². The summed E-state index contributed by atoms with van der Waals surface area (Å²) in [5.41, 5.74) is 0.459. The Balaban J connectivity index is 3.22. The number of aliphatic hydroxyl groups excluding tert-OH is 1. The molecule has 1 rings (SSSR count). The highest BCUT2D eigenvalue weighted by Crippen LogP contribution is 2.20. The zero-order valence-corrected chi connectivity index (χ0v) is 12.1. The Hall–Kier alpha value is -1.92. The maximum atomic E-state index is 11.9. The lowest BCUT2D eigenvalue weighted by Gasteiger charge is -2.12. The van der Waals surface area contributed by atoms with Gasteiger partial charge in [-0.25, -0.2) is 9.59 Å². The second-order valence-corrected chi connectivity index (χ2v) is 4.49. The monoisotopic (exact) mass is 314 g/mol. The number of carbonyl (C=O) groups is 3. The summed E-state index contributed by atoms with van der Waals surface area (Å²) in [4.78, 5) is 34.1. The van der Waals surface area contributed by atoms with Crippen molar-refractivity contribution in [3.05, 3.63) is 34.9 Å². The van der Waals surface area contributed by atoms with Gasteiger partial charge in [0.1, 0.15) is 0 Å². The summed E-state index contributed by atoms with van der Waals surface area (Å²) in [7, 11) is 0. The van der Waals surface area contributed by atoms with Crippen molar-refractivity contribution in [2.45, 2.75) is 19.4 Å². The van der Waals surface area contributed by atoms with E-state index in [1.807, 2.05) is 0 Å². The summed E-state index contributed by atoms with van der Waals surface area (Å²) in [5.74, 6) is -2.60. The number of rotatable bonds is 7. The number of halogens is 1. The molecule has 0 heterocycles. The minimum atomic E-state index is -1.75. The maximum absolute atomic E-state index is 11.9. The van der Waals surface area contributed by atoms with Crippen molar-refractivity contribution >= 4 is 29.3 Å². The number of esters is 1. The molecule has 7 heteroatoms. The van der Waals surface area contributed by atoms with Crippen LogP contribution in [0, 0.1) is 0 Å².